The van der Waals surface area contributed by atoms with Gasteiger partial charge >= 0.3 is 11.8 Å². The van der Waals surface area contributed by atoms with Crippen molar-refractivity contribution in [3.05, 3.63) is 22.2 Å². The predicted octanol–water partition coefficient (Wildman–Crippen LogP) is 1.44. The molecule has 1 radical (unpaired) electrons. The maximum Gasteiger partial charge on any atom is 0.335 e. The van der Waals surface area contributed by atoms with Crippen LogP contribution in [0.4, 0.5) is 20.2 Å². The van der Waals surface area contributed by atoms with Gasteiger partial charge in [-0.3, -0.25) is 9.59 Å². The molecule has 0 saturated carbocycles. The number of carbonyl (C=O) groups excluding carboxylic acids is 2. The number of halogens is 3. The van der Waals surface area contributed by atoms with E-state index in [0.717, 1.165) is 6.07 Å². The highest BCUT2D eigenvalue weighted by Gasteiger charge is 2.29. The largest absolute Gasteiger partial charge is 0.335 e. The molecule has 1 aliphatic rings. The second-order valence-corrected chi connectivity index (χ2v) is 3.55. The highest BCUT2D eigenvalue weighted by molar-refractivity contribution is 9.10. The Morgan fingerprint density at radius 2 is 2.00 bits per heavy atom. The quantitative estimate of drug-likeness (QED) is 0.575. The second kappa shape index (κ2) is 3.27. The molecule has 0 aromatic heterocycles. The third kappa shape index (κ3) is 1.48. The lowest BCUT2D eigenvalue weighted by atomic mass is 10.2. The maximum atomic E-state index is 13.0. The molecule has 2 amide bonds. The van der Waals surface area contributed by atoms with Gasteiger partial charge < -0.3 is 5.32 Å². The number of fused-ring (bicyclic) bond motifs is 1. The normalized spacial score (nSPS) is 14.3. The summed E-state index contributed by atoms with van der Waals surface area (Å²) in [5.74, 6) is -4.30. The lowest BCUT2D eigenvalue weighted by Gasteiger charge is -2.16. The van der Waals surface area contributed by atoms with Crippen molar-refractivity contribution in [1.29, 1.82) is 0 Å². The minimum Gasteiger partial charge on any atom is -0.316 e. The Bertz CT molecular complexity index is 490. The summed E-state index contributed by atoms with van der Waals surface area (Å²) in [5, 5.41) is 5.42. The number of rotatable bonds is 0. The maximum absolute atomic E-state index is 13.0. The molecular weight excluding hydrogens is 274 g/mol. The number of benzene rings is 1. The Morgan fingerprint density at radius 1 is 1.33 bits per heavy atom. The summed E-state index contributed by atoms with van der Waals surface area (Å²) >= 11 is 2.75. The van der Waals surface area contributed by atoms with Gasteiger partial charge in [0, 0.05) is 6.07 Å². The lowest BCUT2D eigenvalue weighted by Crippen LogP contribution is -2.33. The van der Waals surface area contributed by atoms with Crippen LogP contribution in [0.1, 0.15) is 0 Å². The summed E-state index contributed by atoms with van der Waals surface area (Å²) in [4.78, 5) is 21.8. The van der Waals surface area contributed by atoms with Crippen LogP contribution in [0.5, 0.6) is 0 Å². The standard InChI is InChI=1S/C8H2BrF2N2O2/c9-4-5(11)2(10)1-3-6(4)13-8(15)7(14)12-3/h1H,(H,12,14). The number of hydrogen-bond acceptors (Lipinski definition) is 2. The fraction of sp³-hybridized carbons (Fsp3) is 0. The van der Waals surface area contributed by atoms with Crippen LogP contribution in [0.2, 0.25) is 0 Å². The number of nitrogens with one attached hydrogen (secondary N) is 1. The Morgan fingerprint density at radius 3 is 2.67 bits per heavy atom. The minimum absolute atomic E-state index is 0.0367. The van der Waals surface area contributed by atoms with E-state index in [1.165, 1.54) is 0 Å². The average Bonchev–Trinajstić information content (AvgIpc) is 2.19. The van der Waals surface area contributed by atoms with Gasteiger partial charge in [0.05, 0.1) is 10.2 Å². The summed E-state index contributed by atoms with van der Waals surface area (Å²) in [6.45, 7) is 0. The van der Waals surface area contributed by atoms with Crippen molar-refractivity contribution in [3.8, 4) is 0 Å². The Balaban J connectivity index is 2.63. The van der Waals surface area contributed by atoms with E-state index in [2.05, 4.69) is 26.6 Å². The highest BCUT2D eigenvalue weighted by atomic mass is 79.9. The van der Waals surface area contributed by atoms with Crippen molar-refractivity contribution < 1.29 is 18.4 Å². The molecular formula is C8H2BrF2N2O2. The second-order valence-electron chi connectivity index (χ2n) is 2.75. The first-order valence-corrected chi connectivity index (χ1v) is 4.54. The smallest absolute Gasteiger partial charge is 0.316 e. The van der Waals surface area contributed by atoms with Crippen molar-refractivity contribution >= 4 is 39.1 Å². The van der Waals surface area contributed by atoms with E-state index in [1.807, 2.05) is 0 Å². The van der Waals surface area contributed by atoms with Gasteiger partial charge in [0.15, 0.2) is 11.6 Å². The first-order chi connectivity index (χ1) is 7.00. The van der Waals surface area contributed by atoms with Gasteiger partial charge in [-0.1, -0.05) is 0 Å². The molecule has 1 heterocycles. The summed E-state index contributed by atoms with van der Waals surface area (Å²) in [7, 11) is 0. The van der Waals surface area contributed by atoms with E-state index < -0.39 is 23.4 Å². The van der Waals surface area contributed by atoms with E-state index in [0.29, 0.717) is 0 Å². The number of anilines is 1. The molecule has 0 spiro atoms. The molecule has 0 bridgehead atoms. The Kier molecular flexibility index (Phi) is 2.18. The van der Waals surface area contributed by atoms with Gasteiger partial charge in [0.2, 0.25) is 0 Å². The molecule has 0 saturated heterocycles. The van der Waals surface area contributed by atoms with Crippen LogP contribution in [0.15, 0.2) is 10.5 Å². The number of amides is 2. The first kappa shape index (κ1) is 10.0. The minimum atomic E-state index is -1.15. The fourth-order valence-corrected chi connectivity index (χ4v) is 1.61. The van der Waals surface area contributed by atoms with Crippen molar-refractivity contribution in [2.75, 3.05) is 5.32 Å². The molecule has 0 aliphatic carbocycles. The van der Waals surface area contributed by atoms with Crippen LogP contribution < -0.4 is 10.6 Å². The van der Waals surface area contributed by atoms with Crippen LogP contribution in [0.25, 0.3) is 0 Å². The Hall–Kier alpha value is -1.50. The zero-order valence-corrected chi connectivity index (χ0v) is 8.56. The van der Waals surface area contributed by atoms with Crippen LogP contribution >= 0.6 is 15.9 Å². The molecule has 15 heavy (non-hydrogen) atoms. The molecule has 1 aliphatic heterocycles. The molecule has 77 valence electrons. The van der Waals surface area contributed by atoms with Gasteiger partial charge in [0.25, 0.3) is 0 Å². The van der Waals surface area contributed by atoms with E-state index in [1.54, 1.807) is 0 Å². The van der Waals surface area contributed by atoms with E-state index >= 15 is 0 Å². The molecule has 7 heteroatoms. The van der Waals surface area contributed by atoms with Crippen LogP contribution in [-0.2, 0) is 9.59 Å². The van der Waals surface area contributed by atoms with E-state index in [9.17, 15) is 18.4 Å². The molecule has 1 aromatic rings. The third-order valence-electron chi connectivity index (χ3n) is 1.79. The molecule has 1 aromatic carbocycles. The predicted molar refractivity (Wildman–Crippen MR) is 49.5 cm³/mol. The van der Waals surface area contributed by atoms with Gasteiger partial charge in [-0.15, -0.1) is 0 Å². The third-order valence-corrected chi connectivity index (χ3v) is 2.52. The Labute approximate surface area is 90.8 Å². The van der Waals surface area contributed by atoms with E-state index in [-0.39, 0.29) is 15.8 Å². The van der Waals surface area contributed by atoms with Crippen LogP contribution in [0, 0.1) is 11.6 Å². The fourth-order valence-electron chi connectivity index (χ4n) is 1.12. The zero-order chi connectivity index (χ0) is 11.2. The van der Waals surface area contributed by atoms with Crippen molar-refractivity contribution in [3.63, 3.8) is 0 Å². The zero-order valence-electron chi connectivity index (χ0n) is 6.97. The SMILES string of the molecule is O=C1[N]c2c(cc(F)c(F)c2Br)NC1=O. The highest BCUT2D eigenvalue weighted by Crippen LogP contribution is 2.36. The molecule has 4 nitrogen and oxygen atoms in total. The summed E-state index contributed by atoms with van der Waals surface area (Å²) < 4.78 is 25.7. The number of carbonyl (C=O) groups is 2. The summed E-state index contributed by atoms with van der Waals surface area (Å²) in [5.41, 5.74) is -0.149. The van der Waals surface area contributed by atoms with Gasteiger partial charge in [-0.2, -0.15) is 0 Å². The molecule has 0 unspecified atom stereocenters. The number of nitrogens with zero attached hydrogens (tertiary/aromatic N) is 1. The number of hydrogen-bond donors (Lipinski definition) is 1. The van der Waals surface area contributed by atoms with Crippen LogP contribution in [0.3, 0.4) is 0 Å². The summed E-state index contributed by atoms with van der Waals surface area (Å²) in [6, 6.07) is 0.767. The van der Waals surface area contributed by atoms with Crippen molar-refractivity contribution in [2.24, 2.45) is 0 Å². The topological polar surface area (TPSA) is 60.3 Å². The monoisotopic (exact) mass is 275 g/mol. The molecule has 1 N–H and O–H groups in total. The van der Waals surface area contributed by atoms with Gasteiger partial charge in [-0.05, 0) is 15.9 Å². The summed E-state index contributed by atoms with van der Waals surface area (Å²) in [6.07, 6.45) is 0. The van der Waals surface area contributed by atoms with Crippen molar-refractivity contribution in [1.82, 2.24) is 5.32 Å². The molecule has 2 rings (SSSR count). The average molecular weight is 276 g/mol. The van der Waals surface area contributed by atoms with E-state index in [4.69, 9.17) is 0 Å². The van der Waals surface area contributed by atoms with Crippen molar-refractivity contribution in [2.45, 2.75) is 0 Å². The van der Waals surface area contributed by atoms with Crippen LogP contribution in [-0.4, -0.2) is 11.8 Å². The van der Waals surface area contributed by atoms with Gasteiger partial charge in [0.1, 0.15) is 5.69 Å². The molecule has 0 fully saturated rings. The first-order valence-electron chi connectivity index (χ1n) is 3.75. The molecule has 0 atom stereocenters. The lowest BCUT2D eigenvalue weighted by molar-refractivity contribution is -0.135. The van der Waals surface area contributed by atoms with Gasteiger partial charge in [-0.25, -0.2) is 14.1 Å².